The predicted octanol–water partition coefficient (Wildman–Crippen LogP) is 3.91. The summed E-state index contributed by atoms with van der Waals surface area (Å²) >= 11 is 1.38. The first kappa shape index (κ1) is 19.0. The molecular formula is C22H28N4O2S. The van der Waals surface area contributed by atoms with Crippen LogP contribution in [0, 0.1) is 23.2 Å². The van der Waals surface area contributed by atoms with Gasteiger partial charge in [-0.3, -0.25) is 9.89 Å². The van der Waals surface area contributed by atoms with Crippen molar-refractivity contribution in [2.75, 3.05) is 19.4 Å². The maximum atomic E-state index is 12.4. The summed E-state index contributed by atoms with van der Waals surface area (Å²) in [5.41, 5.74) is 1.32. The Hall–Kier alpha value is -2.02. The van der Waals surface area contributed by atoms with E-state index in [9.17, 15) is 4.79 Å². The molecule has 4 aliphatic carbocycles. The van der Waals surface area contributed by atoms with Crippen molar-refractivity contribution in [2.45, 2.75) is 43.7 Å². The van der Waals surface area contributed by atoms with Gasteiger partial charge >= 0.3 is 0 Å². The zero-order valence-electron chi connectivity index (χ0n) is 16.8. The van der Waals surface area contributed by atoms with Crippen molar-refractivity contribution in [1.29, 1.82) is 0 Å². The van der Waals surface area contributed by atoms with E-state index < -0.39 is 0 Å². The predicted molar refractivity (Wildman–Crippen MR) is 113 cm³/mol. The highest BCUT2D eigenvalue weighted by Gasteiger charge is 2.50. The number of aromatic nitrogens is 3. The molecule has 1 heterocycles. The fourth-order valence-electron chi connectivity index (χ4n) is 6.16. The van der Waals surface area contributed by atoms with Crippen molar-refractivity contribution in [2.24, 2.45) is 23.2 Å². The van der Waals surface area contributed by atoms with Gasteiger partial charge < -0.3 is 10.1 Å². The van der Waals surface area contributed by atoms with Crippen LogP contribution in [0.5, 0.6) is 5.75 Å². The van der Waals surface area contributed by atoms with Gasteiger partial charge in [-0.2, -0.15) is 0 Å². The van der Waals surface area contributed by atoms with Gasteiger partial charge in [-0.15, -0.1) is 5.10 Å². The number of carbonyl (C=O) groups is 1. The number of benzene rings is 1. The van der Waals surface area contributed by atoms with Gasteiger partial charge in [0.2, 0.25) is 11.1 Å². The maximum absolute atomic E-state index is 12.4. The molecule has 0 radical (unpaired) electrons. The van der Waals surface area contributed by atoms with Gasteiger partial charge in [-0.05, 0) is 86.0 Å². The Bertz CT molecular complexity index is 844. The first-order chi connectivity index (χ1) is 14.1. The molecule has 4 fully saturated rings. The first-order valence-electron chi connectivity index (χ1n) is 10.6. The summed E-state index contributed by atoms with van der Waals surface area (Å²) in [6.45, 7) is 0.848. The average Bonchev–Trinajstić information content (AvgIpc) is 3.19. The molecule has 4 bridgehead atoms. The number of carbonyl (C=O) groups excluding carboxylic acids is 1. The van der Waals surface area contributed by atoms with Gasteiger partial charge in [-0.25, -0.2) is 4.98 Å². The quantitative estimate of drug-likeness (QED) is 0.674. The molecule has 2 aromatic rings. The number of hydrogen-bond acceptors (Lipinski definition) is 5. The van der Waals surface area contributed by atoms with Crippen LogP contribution in [-0.2, 0) is 4.79 Å². The Labute approximate surface area is 175 Å². The van der Waals surface area contributed by atoms with Crippen LogP contribution < -0.4 is 10.1 Å². The maximum Gasteiger partial charge on any atom is 0.230 e. The minimum atomic E-state index is 0.0848. The second-order valence-corrected chi connectivity index (χ2v) is 10.1. The molecule has 0 atom stereocenters. The number of nitrogens with one attached hydrogen (secondary N) is 2. The second kappa shape index (κ2) is 7.67. The number of hydrogen-bond donors (Lipinski definition) is 2. The molecule has 1 amide bonds. The molecule has 7 heteroatoms. The van der Waals surface area contributed by atoms with Gasteiger partial charge in [0, 0.05) is 12.1 Å². The van der Waals surface area contributed by atoms with E-state index in [4.69, 9.17) is 4.74 Å². The highest BCUT2D eigenvalue weighted by Crippen LogP contribution is 2.59. The van der Waals surface area contributed by atoms with Crippen LogP contribution in [0.25, 0.3) is 11.4 Å². The van der Waals surface area contributed by atoms with Crippen LogP contribution in [0.1, 0.15) is 38.5 Å². The number of ether oxygens (including phenoxy) is 1. The molecule has 1 aromatic heterocycles. The van der Waals surface area contributed by atoms with E-state index in [2.05, 4.69) is 20.5 Å². The smallest absolute Gasteiger partial charge is 0.230 e. The largest absolute Gasteiger partial charge is 0.497 e. The van der Waals surface area contributed by atoms with E-state index in [-0.39, 0.29) is 5.91 Å². The summed E-state index contributed by atoms with van der Waals surface area (Å²) in [4.78, 5) is 16.9. The van der Waals surface area contributed by atoms with E-state index in [0.717, 1.165) is 35.6 Å². The van der Waals surface area contributed by atoms with E-state index >= 15 is 0 Å². The average molecular weight is 413 g/mol. The number of rotatable bonds is 7. The summed E-state index contributed by atoms with van der Waals surface area (Å²) in [5.74, 6) is 4.68. The van der Waals surface area contributed by atoms with Crippen LogP contribution in [0.2, 0.25) is 0 Å². The second-order valence-electron chi connectivity index (χ2n) is 9.18. The third-order valence-electron chi connectivity index (χ3n) is 6.99. The van der Waals surface area contributed by atoms with E-state index in [1.54, 1.807) is 7.11 Å². The molecule has 0 saturated heterocycles. The molecule has 6 nitrogen and oxygen atoms in total. The molecule has 0 unspecified atom stereocenters. The van der Waals surface area contributed by atoms with Crippen molar-refractivity contribution in [3.63, 3.8) is 0 Å². The molecule has 6 rings (SSSR count). The third-order valence-corrected chi connectivity index (χ3v) is 7.83. The van der Waals surface area contributed by atoms with Crippen LogP contribution in [0.3, 0.4) is 0 Å². The van der Waals surface area contributed by atoms with Crippen molar-refractivity contribution >= 4 is 17.7 Å². The molecular weight excluding hydrogens is 384 g/mol. The zero-order chi connectivity index (χ0) is 19.8. The van der Waals surface area contributed by atoms with Gasteiger partial charge in [-0.1, -0.05) is 11.8 Å². The number of H-pyrrole nitrogens is 1. The highest BCUT2D eigenvalue weighted by atomic mass is 32.2. The van der Waals surface area contributed by atoms with Crippen molar-refractivity contribution in [3.8, 4) is 17.1 Å². The summed E-state index contributed by atoms with van der Waals surface area (Å²) in [6, 6.07) is 7.66. The summed E-state index contributed by atoms with van der Waals surface area (Å²) in [6.07, 6.45) is 8.26. The van der Waals surface area contributed by atoms with E-state index in [0.29, 0.717) is 22.1 Å². The SMILES string of the molecule is COc1ccc(-c2nc(SCC(=O)NCC34CC5CC(CC(C5)C3)C4)n[nH]2)cc1. The standard InChI is InChI=1S/C22H28N4O2S/c1-28-18-4-2-17(3-5-18)20-24-21(26-25-20)29-12-19(27)23-13-22-9-14-6-15(10-22)8-16(7-14)11-22/h2-5,14-16H,6-13H2,1H3,(H,23,27)(H,24,25,26). The molecule has 0 aliphatic heterocycles. The Morgan fingerprint density at radius 2 is 1.83 bits per heavy atom. The van der Waals surface area contributed by atoms with Gasteiger partial charge in [0.05, 0.1) is 12.9 Å². The van der Waals surface area contributed by atoms with E-state index in [1.807, 2.05) is 24.3 Å². The van der Waals surface area contributed by atoms with Crippen LogP contribution >= 0.6 is 11.8 Å². The lowest BCUT2D eigenvalue weighted by Crippen LogP contribution is -2.51. The minimum absolute atomic E-state index is 0.0848. The Morgan fingerprint density at radius 1 is 1.17 bits per heavy atom. The zero-order valence-corrected chi connectivity index (χ0v) is 17.6. The number of aromatic amines is 1. The number of thioether (sulfide) groups is 1. The molecule has 29 heavy (non-hydrogen) atoms. The Kier molecular flexibility index (Phi) is 5.02. The number of amides is 1. The summed E-state index contributed by atoms with van der Waals surface area (Å²) in [7, 11) is 1.65. The van der Waals surface area contributed by atoms with Gasteiger partial charge in [0.1, 0.15) is 5.75 Å². The topological polar surface area (TPSA) is 79.9 Å². The molecule has 4 aliphatic rings. The van der Waals surface area contributed by atoms with Crippen molar-refractivity contribution < 1.29 is 9.53 Å². The fourth-order valence-corrected chi connectivity index (χ4v) is 6.79. The molecule has 0 spiro atoms. The lowest BCUT2D eigenvalue weighted by atomic mass is 9.49. The highest BCUT2D eigenvalue weighted by molar-refractivity contribution is 7.99. The monoisotopic (exact) mass is 412 g/mol. The van der Waals surface area contributed by atoms with Crippen LogP contribution in [-0.4, -0.2) is 40.5 Å². The van der Waals surface area contributed by atoms with E-state index in [1.165, 1.54) is 50.3 Å². The number of methoxy groups -OCH3 is 1. The van der Waals surface area contributed by atoms with Gasteiger partial charge in [0.25, 0.3) is 0 Å². The molecule has 4 saturated carbocycles. The molecule has 154 valence electrons. The van der Waals surface area contributed by atoms with Crippen molar-refractivity contribution in [3.05, 3.63) is 24.3 Å². The summed E-state index contributed by atoms with van der Waals surface area (Å²) in [5, 5.41) is 11.0. The van der Waals surface area contributed by atoms with Crippen molar-refractivity contribution in [1.82, 2.24) is 20.5 Å². The van der Waals surface area contributed by atoms with Crippen LogP contribution in [0.4, 0.5) is 0 Å². The first-order valence-corrected chi connectivity index (χ1v) is 11.6. The Morgan fingerprint density at radius 3 is 2.45 bits per heavy atom. The molecule has 2 N–H and O–H groups in total. The summed E-state index contributed by atoms with van der Waals surface area (Å²) < 4.78 is 5.18. The minimum Gasteiger partial charge on any atom is -0.497 e. The third kappa shape index (κ3) is 4.02. The number of nitrogens with zero attached hydrogens (tertiary/aromatic N) is 2. The molecule has 1 aromatic carbocycles. The normalized spacial score (nSPS) is 29.8. The fraction of sp³-hybridized carbons (Fsp3) is 0.591. The lowest BCUT2D eigenvalue weighted by molar-refractivity contribution is -0.120. The lowest BCUT2D eigenvalue weighted by Gasteiger charge is -2.56. The van der Waals surface area contributed by atoms with Crippen LogP contribution in [0.15, 0.2) is 29.4 Å². The Balaban J connectivity index is 1.12. The van der Waals surface area contributed by atoms with Gasteiger partial charge in [0.15, 0.2) is 5.82 Å².